The van der Waals surface area contributed by atoms with Crippen LogP contribution in [0.25, 0.3) is 0 Å². The van der Waals surface area contributed by atoms with Crippen molar-refractivity contribution in [3.8, 4) is 5.75 Å². The third-order valence-corrected chi connectivity index (χ3v) is 3.45. The van der Waals surface area contributed by atoms with Crippen LogP contribution >= 0.6 is 0 Å². The lowest BCUT2D eigenvalue weighted by Gasteiger charge is -2.30. The molecule has 0 unspecified atom stereocenters. The van der Waals surface area contributed by atoms with E-state index in [1.165, 1.54) is 6.92 Å². The summed E-state index contributed by atoms with van der Waals surface area (Å²) in [6, 6.07) is 3.63. The van der Waals surface area contributed by atoms with Crippen LogP contribution in [-0.4, -0.2) is 23.5 Å². The molecule has 0 bridgehead atoms. The topological polar surface area (TPSA) is 63.6 Å². The molecular formula is C18H26O4. The van der Waals surface area contributed by atoms with Gasteiger partial charge in [0.1, 0.15) is 5.75 Å². The van der Waals surface area contributed by atoms with Gasteiger partial charge in [-0.05, 0) is 29.9 Å². The normalized spacial score (nSPS) is 12.1. The molecule has 0 spiro atoms. The molecule has 0 fully saturated rings. The Hall–Kier alpha value is -1.84. The maximum atomic E-state index is 11.8. The molecule has 4 nitrogen and oxygen atoms in total. The van der Waals surface area contributed by atoms with Crippen LogP contribution in [0.2, 0.25) is 0 Å². The number of carbonyl (C=O) groups excluding carboxylic acids is 1. The number of carbonyl (C=O) groups is 2. The lowest BCUT2D eigenvalue weighted by Crippen LogP contribution is -2.22. The molecule has 0 aliphatic rings. The van der Waals surface area contributed by atoms with Crippen LogP contribution in [0.3, 0.4) is 0 Å². The molecule has 0 radical (unpaired) electrons. The molecule has 122 valence electrons. The van der Waals surface area contributed by atoms with E-state index in [0.717, 1.165) is 11.1 Å². The molecule has 1 aromatic rings. The van der Waals surface area contributed by atoms with Gasteiger partial charge in [0.25, 0.3) is 0 Å². The van der Waals surface area contributed by atoms with Crippen LogP contribution in [0, 0.1) is 0 Å². The second kappa shape index (κ2) is 6.11. The average Bonchev–Trinajstić information content (AvgIpc) is 2.32. The number of Topliss-reactive ketones (excluding diaryl/α,β-unsaturated/α-hetero) is 1. The van der Waals surface area contributed by atoms with Gasteiger partial charge >= 0.3 is 5.97 Å². The van der Waals surface area contributed by atoms with Gasteiger partial charge in [-0.3, -0.25) is 4.79 Å². The van der Waals surface area contributed by atoms with Crippen molar-refractivity contribution in [2.75, 3.05) is 6.61 Å². The van der Waals surface area contributed by atoms with E-state index in [4.69, 9.17) is 9.84 Å². The number of rotatable bonds is 4. The van der Waals surface area contributed by atoms with E-state index >= 15 is 0 Å². The maximum absolute atomic E-state index is 11.8. The molecule has 0 saturated heterocycles. The summed E-state index contributed by atoms with van der Waals surface area (Å²) < 4.78 is 5.61. The Morgan fingerprint density at radius 3 is 1.68 bits per heavy atom. The number of hydrogen-bond acceptors (Lipinski definition) is 3. The molecule has 0 aliphatic carbocycles. The minimum Gasteiger partial charge on any atom is -0.481 e. The Morgan fingerprint density at radius 1 is 1.00 bits per heavy atom. The molecule has 0 aromatic heterocycles. The summed E-state index contributed by atoms with van der Waals surface area (Å²) in [5, 5.41) is 8.93. The predicted molar refractivity (Wildman–Crippen MR) is 87.0 cm³/mol. The number of aliphatic carboxylic acids is 1. The van der Waals surface area contributed by atoms with Gasteiger partial charge < -0.3 is 9.84 Å². The van der Waals surface area contributed by atoms with Crippen LogP contribution in [-0.2, 0) is 15.6 Å². The number of ether oxygens (including phenoxy) is 1. The third kappa shape index (κ3) is 4.33. The molecule has 0 aliphatic heterocycles. The van der Waals surface area contributed by atoms with E-state index in [9.17, 15) is 9.59 Å². The molecule has 0 atom stereocenters. The molecule has 0 amide bonds. The van der Waals surface area contributed by atoms with Gasteiger partial charge in [0, 0.05) is 16.7 Å². The van der Waals surface area contributed by atoms with Gasteiger partial charge in [-0.15, -0.1) is 0 Å². The van der Waals surface area contributed by atoms with Crippen LogP contribution in [0.1, 0.15) is 70.0 Å². The largest absolute Gasteiger partial charge is 0.481 e. The number of benzene rings is 1. The summed E-state index contributed by atoms with van der Waals surface area (Å²) >= 11 is 0. The molecule has 4 heteroatoms. The Kier molecular flexibility index (Phi) is 5.06. The van der Waals surface area contributed by atoms with Crippen molar-refractivity contribution in [1.82, 2.24) is 0 Å². The SMILES string of the molecule is CC(=O)c1cc(C(C)(C)C)c(OCC(=O)O)c(C(C)(C)C)c1. The van der Waals surface area contributed by atoms with E-state index in [1.54, 1.807) is 0 Å². The fourth-order valence-electron chi connectivity index (χ4n) is 2.24. The van der Waals surface area contributed by atoms with E-state index in [1.807, 2.05) is 53.7 Å². The highest BCUT2D eigenvalue weighted by atomic mass is 16.5. The number of ketones is 1. The fraction of sp³-hybridized carbons (Fsp3) is 0.556. The van der Waals surface area contributed by atoms with E-state index < -0.39 is 12.6 Å². The van der Waals surface area contributed by atoms with Crippen LogP contribution in [0.5, 0.6) is 5.75 Å². The van der Waals surface area contributed by atoms with Gasteiger partial charge in [-0.1, -0.05) is 41.5 Å². The zero-order chi connectivity index (χ0) is 17.3. The molecule has 1 aromatic carbocycles. The van der Waals surface area contributed by atoms with Gasteiger partial charge in [0.15, 0.2) is 12.4 Å². The van der Waals surface area contributed by atoms with Crippen LogP contribution in [0.4, 0.5) is 0 Å². The predicted octanol–water partition coefficient (Wildman–Crippen LogP) is 3.95. The maximum Gasteiger partial charge on any atom is 0.341 e. The Labute approximate surface area is 132 Å². The highest BCUT2D eigenvalue weighted by Crippen LogP contribution is 2.40. The monoisotopic (exact) mass is 306 g/mol. The van der Waals surface area contributed by atoms with E-state index in [2.05, 4.69) is 0 Å². The van der Waals surface area contributed by atoms with Crippen molar-refractivity contribution in [2.45, 2.75) is 59.3 Å². The molecule has 0 heterocycles. The first-order valence-electron chi connectivity index (χ1n) is 7.38. The van der Waals surface area contributed by atoms with Crippen molar-refractivity contribution < 1.29 is 19.4 Å². The summed E-state index contributed by atoms with van der Waals surface area (Å²) in [5.74, 6) is -0.455. The quantitative estimate of drug-likeness (QED) is 0.856. The first-order valence-corrected chi connectivity index (χ1v) is 7.38. The zero-order valence-corrected chi connectivity index (χ0v) is 14.5. The lowest BCUT2D eigenvalue weighted by atomic mass is 9.78. The van der Waals surface area contributed by atoms with E-state index in [-0.39, 0.29) is 16.6 Å². The standard InChI is InChI=1S/C18H26O4/c1-11(19)12-8-13(17(2,3)4)16(22-10-15(20)21)14(9-12)18(5,6)7/h8-9H,10H2,1-7H3,(H,20,21). The third-order valence-electron chi connectivity index (χ3n) is 3.45. The molecular weight excluding hydrogens is 280 g/mol. The van der Waals surface area contributed by atoms with Crippen molar-refractivity contribution in [3.05, 3.63) is 28.8 Å². The Bertz CT molecular complexity index is 551. The highest BCUT2D eigenvalue weighted by Gasteiger charge is 2.28. The fourth-order valence-corrected chi connectivity index (χ4v) is 2.24. The number of carboxylic acids is 1. The highest BCUT2D eigenvalue weighted by molar-refractivity contribution is 5.95. The zero-order valence-electron chi connectivity index (χ0n) is 14.5. The summed E-state index contributed by atoms with van der Waals surface area (Å²) in [6.45, 7) is 13.3. The van der Waals surface area contributed by atoms with Crippen molar-refractivity contribution >= 4 is 11.8 Å². The van der Waals surface area contributed by atoms with Crippen molar-refractivity contribution in [2.24, 2.45) is 0 Å². The first-order chi connectivity index (χ1) is 9.84. The lowest BCUT2D eigenvalue weighted by molar-refractivity contribution is -0.139. The van der Waals surface area contributed by atoms with Gasteiger partial charge in [0.05, 0.1) is 0 Å². The summed E-state index contributed by atoms with van der Waals surface area (Å²) in [7, 11) is 0. The second-order valence-corrected chi connectivity index (χ2v) is 7.64. The van der Waals surface area contributed by atoms with Crippen molar-refractivity contribution in [1.29, 1.82) is 0 Å². The molecule has 1 rings (SSSR count). The average molecular weight is 306 g/mol. The minimum atomic E-state index is -1.02. The first kappa shape index (κ1) is 18.2. The van der Waals surface area contributed by atoms with Crippen LogP contribution in [0.15, 0.2) is 12.1 Å². The Morgan fingerprint density at radius 2 is 1.41 bits per heavy atom. The van der Waals surface area contributed by atoms with Gasteiger partial charge in [-0.2, -0.15) is 0 Å². The summed E-state index contributed by atoms with van der Waals surface area (Å²) in [5.41, 5.74) is 1.80. The minimum absolute atomic E-state index is 0.0132. The molecule has 22 heavy (non-hydrogen) atoms. The summed E-state index contributed by atoms with van der Waals surface area (Å²) in [6.07, 6.45) is 0. The van der Waals surface area contributed by atoms with Crippen molar-refractivity contribution in [3.63, 3.8) is 0 Å². The van der Waals surface area contributed by atoms with Gasteiger partial charge in [-0.25, -0.2) is 4.79 Å². The summed E-state index contributed by atoms with van der Waals surface area (Å²) in [4.78, 5) is 22.7. The molecule has 1 N–H and O–H groups in total. The number of carboxylic acid groups (broad SMARTS) is 1. The van der Waals surface area contributed by atoms with E-state index in [0.29, 0.717) is 11.3 Å². The number of hydrogen-bond donors (Lipinski definition) is 1. The Balaban J connectivity index is 3.66. The molecule has 0 saturated carbocycles. The second-order valence-electron chi connectivity index (χ2n) is 7.64. The van der Waals surface area contributed by atoms with Crippen LogP contribution < -0.4 is 4.74 Å². The smallest absolute Gasteiger partial charge is 0.341 e. The van der Waals surface area contributed by atoms with Gasteiger partial charge in [0.2, 0.25) is 0 Å².